The quantitative estimate of drug-likeness (QED) is 0.725. The molecule has 0 bridgehead atoms. The fourth-order valence-electron chi connectivity index (χ4n) is 1.39. The van der Waals surface area contributed by atoms with Crippen LogP contribution in [0.15, 0.2) is 4.34 Å². The summed E-state index contributed by atoms with van der Waals surface area (Å²) in [5.74, 6) is 0. The lowest BCUT2D eigenvalue weighted by atomic mass is 10.6. The zero-order valence-electron chi connectivity index (χ0n) is 8.40. The number of hydrogen-bond donors (Lipinski definition) is 2. The maximum atomic E-state index is 12.1. The van der Waals surface area contributed by atoms with Gasteiger partial charge in [0.05, 0.1) is 6.61 Å². The molecule has 1 aromatic rings. The highest BCUT2D eigenvalue weighted by Crippen LogP contribution is 2.32. The van der Waals surface area contributed by atoms with Crippen molar-refractivity contribution in [1.82, 2.24) is 14.5 Å². The molecule has 1 saturated carbocycles. The van der Waals surface area contributed by atoms with Crippen molar-refractivity contribution in [1.29, 1.82) is 0 Å². The van der Waals surface area contributed by atoms with Crippen LogP contribution in [0.1, 0.15) is 12.8 Å². The number of rotatable bonds is 5. The van der Waals surface area contributed by atoms with Crippen molar-refractivity contribution < 1.29 is 13.5 Å². The number of nitrogen functional groups attached to an aromatic ring is 1. The Balaban J connectivity index is 2.28. The first-order chi connectivity index (χ1) is 7.55. The molecule has 0 aromatic carbocycles. The number of hydrogen-bond acceptors (Lipinski definition) is 7. The summed E-state index contributed by atoms with van der Waals surface area (Å²) in [5, 5.41) is 16.0. The minimum absolute atomic E-state index is 0.0118. The van der Waals surface area contributed by atoms with E-state index in [-0.39, 0.29) is 28.7 Å². The molecule has 0 spiro atoms. The summed E-state index contributed by atoms with van der Waals surface area (Å²) in [6, 6.07) is -0.0118. The molecule has 1 heterocycles. The molecule has 0 amide bonds. The highest BCUT2D eigenvalue weighted by molar-refractivity contribution is 7.91. The van der Waals surface area contributed by atoms with Crippen LogP contribution in [0.2, 0.25) is 0 Å². The lowest BCUT2D eigenvalue weighted by molar-refractivity contribution is 0.250. The molecule has 1 fully saturated rings. The number of aliphatic hydroxyl groups is 1. The SMILES string of the molecule is Nc1nnc(S(=O)(=O)N(CCO)C2CC2)s1. The predicted molar refractivity (Wildman–Crippen MR) is 58.3 cm³/mol. The van der Waals surface area contributed by atoms with Crippen LogP contribution in [0.3, 0.4) is 0 Å². The first kappa shape index (κ1) is 11.7. The maximum absolute atomic E-state index is 12.1. The summed E-state index contributed by atoms with van der Waals surface area (Å²) >= 11 is 0.838. The van der Waals surface area contributed by atoms with Crippen molar-refractivity contribution in [3.8, 4) is 0 Å². The summed E-state index contributed by atoms with van der Waals surface area (Å²) in [4.78, 5) is 0. The van der Waals surface area contributed by atoms with E-state index in [4.69, 9.17) is 10.8 Å². The minimum atomic E-state index is -3.64. The normalized spacial score (nSPS) is 16.9. The molecule has 0 radical (unpaired) electrons. The van der Waals surface area contributed by atoms with E-state index in [1.807, 2.05) is 0 Å². The van der Waals surface area contributed by atoms with Crippen molar-refractivity contribution in [2.45, 2.75) is 23.2 Å². The Morgan fingerprint density at radius 1 is 1.50 bits per heavy atom. The van der Waals surface area contributed by atoms with Gasteiger partial charge in [0.25, 0.3) is 10.0 Å². The summed E-state index contributed by atoms with van der Waals surface area (Å²) < 4.78 is 25.3. The van der Waals surface area contributed by atoms with E-state index in [9.17, 15) is 8.42 Å². The zero-order valence-corrected chi connectivity index (χ0v) is 10.0. The summed E-state index contributed by atoms with van der Waals surface area (Å²) in [5.41, 5.74) is 5.35. The van der Waals surface area contributed by atoms with Crippen molar-refractivity contribution in [3.63, 3.8) is 0 Å². The van der Waals surface area contributed by atoms with Crippen molar-refractivity contribution in [2.24, 2.45) is 0 Å². The second kappa shape index (κ2) is 4.24. The van der Waals surface area contributed by atoms with Crippen LogP contribution >= 0.6 is 11.3 Å². The summed E-state index contributed by atoms with van der Waals surface area (Å²) in [6.07, 6.45) is 1.65. The third-order valence-electron chi connectivity index (χ3n) is 2.23. The van der Waals surface area contributed by atoms with Gasteiger partial charge < -0.3 is 10.8 Å². The topological polar surface area (TPSA) is 109 Å². The second-order valence-electron chi connectivity index (χ2n) is 3.48. The smallest absolute Gasteiger partial charge is 0.272 e. The van der Waals surface area contributed by atoms with Crippen LogP contribution < -0.4 is 5.73 Å². The lowest BCUT2D eigenvalue weighted by Gasteiger charge is -2.18. The van der Waals surface area contributed by atoms with Crippen LogP contribution in [0.5, 0.6) is 0 Å². The van der Waals surface area contributed by atoms with Gasteiger partial charge >= 0.3 is 0 Å². The molecule has 0 aliphatic heterocycles. The first-order valence-corrected chi connectivity index (χ1v) is 7.03. The third-order valence-corrected chi connectivity index (χ3v) is 5.28. The van der Waals surface area contributed by atoms with Crippen LogP contribution in [0.4, 0.5) is 5.13 Å². The highest BCUT2D eigenvalue weighted by Gasteiger charge is 2.39. The molecular formula is C7H12N4O3S2. The minimum Gasteiger partial charge on any atom is -0.395 e. The van der Waals surface area contributed by atoms with Gasteiger partial charge in [-0.15, -0.1) is 10.2 Å². The predicted octanol–water partition coefficient (Wildman–Crippen LogP) is -0.734. The molecule has 9 heteroatoms. The van der Waals surface area contributed by atoms with Gasteiger partial charge in [-0.25, -0.2) is 8.42 Å². The number of aromatic nitrogens is 2. The Bertz CT molecular complexity index is 468. The van der Waals surface area contributed by atoms with E-state index >= 15 is 0 Å². The standard InChI is InChI=1S/C7H12N4O3S2/c8-6-9-10-7(15-6)16(13,14)11(3-4-12)5-1-2-5/h5,12H,1-4H2,(H2,8,9). The molecule has 16 heavy (non-hydrogen) atoms. The van der Waals surface area contributed by atoms with Crippen LogP contribution in [0.25, 0.3) is 0 Å². The van der Waals surface area contributed by atoms with Crippen LogP contribution in [-0.4, -0.2) is 47.2 Å². The van der Waals surface area contributed by atoms with E-state index < -0.39 is 10.0 Å². The molecule has 1 aromatic heterocycles. The molecule has 3 N–H and O–H groups in total. The maximum Gasteiger partial charge on any atom is 0.272 e. The third kappa shape index (κ3) is 2.17. The molecule has 0 saturated heterocycles. The molecule has 1 aliphatic carbocycles. The zero-order chi connectivity index (χ0) is 11.8. The highest BCUT2D eigenvalue weighted by atomic mass is 32.2. The fraction of sp³-hybridized carbons (Fsp3) is 0.714. The van der Waals surface area contributed by atoms with Crippen LogP contribution in [0, 0.1) is 0 Å². The molecule has 0 unspecified atom stereocenters. The van der Waals surface area contributed by atoms with Gasteiger partial charge in [-0.2, -0.15) is 4.31 Å². The average Bonchev–Trinajstić information content (AvgIpc) is 2.96. The Labute approximate surface area is 97.0 Å². The monoisotopic (exact) mass is 264 g/mol. The first-order valence-electron chi connectivity index (χ1n) is 4.77. The van der Waals surface area contributed by atoms with E-state index in [1.165, 1.54) is 4.31 Å². The van der Waals surface area contributed by atoms with Gasteiger partial charge in [-0.3, -0.25) is 0 Å². The Hall–Kier alpha value is -0.770. The number of aliphatic hydroxyl groups excluding tert-OH is 1. The van der Waals surface area contributed by atoms with Gasteiger partial charge in [0.1, 0.15) is 0 Å². The summed E-state index contributed by atoms with van der Waals surface area (Å²) in [7, 11) is -3.64. The number of sulfonamides is 1. The van der Waals surface area contributed by atoms with Crippen LogP contribution in [-0.2, 0) is 10.0 Å². The van der Waals surface area contributed by atoms with Gasteiger partial charge in [-0.1, -0.05) is 11.3 Å². The Morgan fingerprint density at radius 2 is 2.19 bits per heavy atom. The average molecular weight is 264 g/mol. The van der Waals surface area contributed by atoms with Gasteiger partial charge in [0.2, 0.25) is 9.47 Å². The van der Waals surface area contributed by atoms with Gasteiger partial charge in [0, 0.05) is 12.6 Å². The van der Waals surface area contributed by atoms with Gasteiger partial charge in [0.15, 0.2) is 0 Å². The Kier molecular flexibility index (Phi) is 3.10. The van der Waals surface area contributed by atoms with E-state index in [0.29, 0.717) is 0 Å². The molecule has 2 rings (SSSR count). The number of anilines is 1. The van der Waals surface area contributed by atoms with Crippen molar-refractivity contribution in [2.75, 3.05) is 18.9 Å². The largest absolute Gasteiger partial charge is 0.395 e. The van der Waals surface area contributed by atoms with E-state index in [0.717, 1.165) is 24.2 Å². The van der Waals surface area contributed by atoms with E-state index in [2.05, 4.69) is 10.2 Å². The second-order valence-corrected chi connectivity index (χ2v) is 6.55. The number of nitrogens with two attached hydrogens (primary N) is 1. The summed E-state index contributed by atoms with van der Waals surface area (Å²) in [6.45, 7) is -0.115. The van der Waals surface area contributed by atoms with Crippen molar-refractivity contribution in [3.05, 3.63) is 0 Å². The molecule has 1 aliphatic rings. The molecule has 90 valence electrons. The number of nitrogens with zero attached hydrogens (tertiary/aromatic N) is 3. The molecular weight excluding hydrogens is 252 g/mol. The van der Waals surface area contributed by atoms with Crippen molar-refractivity contribution >= 4 is 26.5 Å². The fourth-order valence-corrected chi connectivity index (χ4v) is 3.96. The van der Waals surface area contributed by atoms with Gasteiger partial charge in [-0.05, 0) is 12.8 Å². The lowest BCUT2D eigenvalue weighted by Crippen LogP contribution is -2.35. The molecule has 7 nitrogen and oxygen atoms in total. The van der Waals surface area contributed by atoms with E-state index in [1.54, 1.807) is 0 Å². The Morgan fingerprint density at radius 3 is 2.62 bits per heavy atom. The molecule has 0 atom stereocenters.